The van der Waals surface area contributed by atoms with Gasteiger partial charge in [0.1, 0.15) is 5.82 Å². The van der Waals surface area contributed by atoms with Crippen LogP contribution in [0.5, 0.6) is 0 Å². The molecule has 1 N–H and O–H groups in total. The highest BCUT2D eigenvalue weighted by Gasteiger charge is 2.26. The van der Waals surface area contributed by atoms with Crippen molar-refractivity contribution >= 4 is 27.3 Å². The summed E-state index contributed by atoms with van der Waals surface area (Å²) in [4.78, 5) is 15.3. The van der Waals surface area contributed by atoms with E-state index in [9.17, 15) is 17.6 Å². The van der Waals surface area contributed by atoms with Gasteiger partial charge in [-0.05, 0) is 55.7 Å². The van der Waals surface area contributed by atoms with Crippen molar-refractivity contribution in [3.05, 3.63) is 53.3 Å². The lowest BCUT2D eigenvalue weighted by atomic mass is 10.1. The summed E-state index contributed by atoms with van der Waals surface area (Å²) in [5.41, 5.74) is 2.05. The molecule has 8 heteroatoms. The van der Waals surface area contributed by atoms with Gasteiger partial charge in [-0.15, -0.1) is 0 Å². The highest BCUT2D eigenvalue weighted by atomic mass is 32.2. The molecule has 1 amide bonds. The second-order valence-electron chi connectivity index (χ2n) is 7.38. The Morgan fingerprint density at radius 1 is 1.10 bits per heavy atom. The van der Waals surface area contributed by atoms with Crippen LogP contribution in [0.4, 0.5) is 15.8 Å². The summed E-state index contributed by atoms with van der Waals surface area (Å²) in [6.07, 6.45) is 2.03. The number of hydrogen-bond donors (Lipinski definition) is 1. The van der Waals surface area contributed by atoms with E-state index >= 15 is 0 Å². The van der Waals surface area contributed by atoms with Crippen LogP contribution in [0, 0.1) is 12.7 Å². The monoisotopic (exact) mass is 433 g/mol. The number of halogens is 1. The summed E-state index contributed by atoms with van der Waals surface area (Å²) in [5, 5.41) is 2.75. The van der Waals surface area contributed by atoms with Crippen LogP contribution in [-0.2, 0) is 10.0 Å². The van der Waals surface area contributed by atoms with E-state index in [0.29, 0.717) is 24.5 Å². The molecule has 0 saturated carbocycles. The van der Waals surface area contributed by atoms with E-state index in [0.717, 1.165) is 31.5 Å². The molecule has 1 heterocycles. The fraction of sp³-hybridized carbons (Fsp3) is 0.409. The number of amides is 1. The number of rotatable bonds is 7. The molecule has 0 aromatic heterocycles. The molecule has 6 nitrogen and oxygen atoms in total. The standard InChI is InChI=1S/C22H28FN3O3S/c1-4-26(5-2)30(28,29)18-10-11-21(25-12-6-7-13-25)19(15-18)22(27)24-20-14-17(23)9-8-16(20)3/h8-11,14-15H,4-7,12-13H2,1-3H3,(H,24,27). The lowest BCUT2D eigenvalue weighted by molar-refractivity contribution is 0.102. The van der Waals surface area contributed by atoms with Gasteiger partial charge in [0.25, 0.3) is 5.91 Å². The molecule has 30 heavy (non-hydrogen) atoms. The van der Waals surface area contributed by atoms with E-state index < -0.39 is 21.7 Å². The number of nitrogens with zero attached hydrogens (tertiary/aromatic N) is 2. The number of sulfonamides is 1. The summed E-state index contributed by atoms with van der Waals surface area (Å²) in [7, 11) is -3.71. The van der Waals surface area contributed by atoms with Gasteiger partial charge >= 0.3 is 0 Å². The van der Waals surface area contributed by atoms with Crippen LogP contribution in [0.3, 0.4) is 0 Å². The van der Waals surface area contributed by atoms with Crippen molar-refractivity contribution in [2.24, 2.45) is 0 Å². The first-order valence-electron chi connectivity index (χ1n) is 10.2. The molecular weight excluding hydrogens is 405 g/mol. The van der Waals surface area contributed by atoms with E-state index in [2.05, 4.69) is 10.2 Å². The third-order valence-electron chi connectivity index (χ3n) is 5.45. The summed E-state index contributed by atoms with van der Waals surface area (Å²) in [5.74, 6) is -0.907. The molecule has 0 unspecified atom stereocenters. The number of anilines is 2. The van der Waals surface area contributed by atoms with Gasteiger partial charge in [-0.1, -0.05) is 19.9 Å². The van der Waals surface area contributed by atoms with Crippen molar-refractivity contribution in [2.45, 2.75) is 38.5 Å². The first kappa shape index (κ1) is 22.2. The Balaban J connectivity index is 2.05. The number of benzene rings is 2. The van der Waals surface area contributed by atoms with Gasteiger partial charge in [-0.3, -0.25) is 4.79 Å². The van der Waals surface area contributed by atoms with E-state index in [1.54, 1.807) is 39.0 Å². The summed E-state index contributed by atoms with van der Waals surface area (Å²) < 4.78 is 41.0. The number of hydrogen-bond acceptors (Lipinski definition) is 4. The van der Waals surface area contributed by atoms with Gasteiger partial charge < -0.3 is 10.2 Å². The molecule has 0 atom stereocenters. The van der Waals surface area contributed by atoms with Gasteiger partial charge in [-0.25, -0.2) is 12.8 Å². The summed E-state index contributed by atoms with van der Waals surface area (Å²) in [6.45, 7) is 7.63. The minimum Gasteiger partial charge on any atom is -0.371 e. The van der Waals surface area contributed by atoms with Gasteiger partial charge in [0.2, 0.25) is 10.0 Å². The quantitative estimate of drug-likeness (QED) is 0.716. The third kappa shape index (κ3) is 4.49. The second-order valence-corrected chi connectivity index (χ2v) is 9.31. The van der Waals surface area contributed by atoms with Crippen molar-refractivity contribution in [3.63, 3.8) is 0 Å². The minimum atomic E-state index is -3.71. The van der Waals surface area contributed by atoms with Crippen LogP contribution in [0.1, 0.15) is 42.6 Å². The summed E-state index contributed by atoms with van der Waals surface area (Å²) >= 11 is 0. The normalized spacial score (nSPS) is 14.4. The summed E-state index contributed by atoms with van der Waals surface area (Å²) in [6, 6.07) is 8.89. The van der Waals surface area contributed by atoms with E-state index in [1.165, 1.54) is 22.5 Å². The molecule has 2 aromatic rings. The van der Waals surface area contributed by atoms with Crippen molar-refractivity contribution in [2.75, 3.05) is 36.4 Å². The molecule has 0 bridgehead atoms. The molecule has 1 fully saturated rings. The zero-order valence-electron chi connectivity index (χ0n) is 17.6. The molecule has 0 spiro atoms. The van der Waals surface area contributed by atoms with Crippen molar-refractivity contribution in [1.29, 1.82) is 0 Å². The number of carbonyl (C=O) groups is 1. The van der Waals surface area contributed by atoms with Crippen molar-refractivity contribution in [3.8, 4) is 0 Å². The van der Waals surface area contributed by atoms with Gasteiger partial charge in [0.15, 0.2) is 0 Å². The average Bonchev–Trinajstić information content (AvgIpc) is 3.25. The van der Waals surface area contributed by atoms with E-state index in [-0.39, 0.29) is 10.5 Å². The lowest BCUT2D eigenvalue weighted by Gasteiger charge is -2.23. The van der Waals surface area contributed by atoms with E-state index in [1.807, 2.05) is 0 Å². The predicted octanol–water partition coefficient (Wildman–Crippen LogP) is 4.02. The van der Waals surface area contributed by atoms with Crippen LogP contribution in [0.2, 0.25) is 0 Å². The Morgan fingerprint density at radius 2 is 1.77 bits per heavy atom. The van der Waals surface area contributed by atoms with Gasteiger partial charge in [0, 0.05) is 37.6 Å². The van der Waals surface area contributed by atoms with Crippen molar-refractivity contribution in [1.82, 2.24) is 4.31 Å². The maximum atomic E-state index is 13.7. The minimum absolute atomic E-state index is 0.0789. The topological polar surface area (TPSA) is 69.7 Å². The molecule has 3 rings (SSSR count). The zero-order chi connectivity index (χ0) is 21.9. The molecular formula is C22H28FN3O3S. The molecule has 1 aliphatic heterocycles. The van der Waals surface area contributed by atoms with Crippen molar-refractivity contribution < 1.29 is 17.6 Å². The van der Waals surface area contributed by atoms with Gasteiger partial charge in [0.05, 0.1) is 10.5 Å². The largest absolute Gasteiger partial charge is 0.371 e. The Hall–Kier alpha value is -2.45. The highest BCUT2D eigenvalue weighted by Crippen LogP contribution is 2.29. The first-order valence-corrected chi connectivity index (χ1v) is 11.7. The van der Waals surface area contributed by atoms with Crippen LogP contribution in [0.15, 0.2) is 41.3 Å². The maximum absolute atomic E-state index is 13.7. The van der Waals surface area contributed by atoms with Crippen LogP contribution in [0.25, 0.3) is 0 Å². The average molecular weight is 434 g/mol. The first-order chi connectivity index (χ1) is 14.3. The molecule has 162 valence electrons. The fourth-order valence-corrected chi connectivity index (χ4v) is 5.21. The van der Waals surface area contributed by atoms with Crippen LogP contribution in [-0.4, -0.2) is 44.8 Å². The lowest BCUT2D eigenvalue weighted by Crippen LogP contribution is -2.31. The predicted molar refractivity (Wildman–Crippen MR) is 117 cm³/mol. The number of aryl methyl sites for hydroxylation is 1. The van der Waals surface area contributed by atoms with Crippen LogP contribution >= 0.6 is 0 Å². The maximum Gasteiger partial charge on any atom is 0.257 e. The molecule has 0 aliphatic carbocycles. The van der Waals surface area contributed by atoms with E-state index in [4.69, 9.17) is 0 Å². The third-order valence-corrected chi connectivity index (χ3v) is 7.50. The molecule has 1 saturated heterocycles. The Labute approximate surface area is 177 Å². The van der Waals surface area contributed by atoms with Gasteiger partial charge in [-0.2, -0.15) is 4.31 Å². The molecule has 1 aliphatic rings. The fourth-order valence-electron chi connectivity index (χ4n) is 3.72. The molecule has 2 aromatic carbocycles. The van der Waals surface area contributed by atoms with Crippen LogP contribution < -0.4 is 10.2 Å². The zero-order valence-corrected chi connectivity index (χ0v) is 18.4. The Bertz CT molecular complexity index is 1030. The highest BCUT2D eigenvalue weighted by molar-refractivity contribution is 7.89. The number of nitrogens with one attached hydrogen (secondary N) is 1. The molecule has 0 radical (unpaired) electrons. The number of carbonyl (C=O) groups excluding carboxylic acids is 1. The Kier molecular flexibility index (Phi) is 6.77. The Morgan fingerprint density at radius 3 is 2.40 bits per heavy atom. The smallest absolute Gasteiger partial charge is 0.257 e. The SMILES string of the molecule is CCN(CC)S(=O)(=O)c1ccc(N2CCCC2)c(C(=O)Nc2cc(F)ccc2C)c1. The second kappa shape index (κ2) is 9.14.